The minimum atomic E-state index is -3.41. The molecule has 0 aliphatic heterocycles. The molecule has 1 aromatic heterocycles. The maximum Gasteiger partial charge on any atom is 0.245 e. The van der Waals surface area contributed by atoms with Gasteiger partial charge in [-0.1, -0.05) is 20.8 Å². The highest BCUT2D eigenvalue weighted by Gasteiger charge is 2.22. The van der Waals surface area contributed by atoms with E-state index in [1.165, 1.54) is 10.5 Å². The molecule has 0 radical (unpaired) electrons. The predicted molar refractivity (Wildman–Crippen MR) is 80.0 cm³/mol. The van der Waals surface area contributed by atoms with Crippen molar-refractivity contribution >= 4 is 10.0 Å². The lowest BCUT2D eigenvalue weighted by molar-refractivity contribution is 0.428. The minimum absolute atomic E-state index is 0.264. The molecule has 1 N–H and O–H groups in total. The van der Waals surface area contributed by atoms with Gasteiger partial charge in [0.1, 0.15) is 4.90 Å². The fourth-order valence-corrected chi connectivity index (χ4v) is 2.85. The molecule has 0 aliphatic carbocycles. The molecule has 0 saturated carbocycles. The molecule has 0 fully saturated rings. The molecule has 0 aromatic carbocycles. The van der Waals surface area contributed by atoms with Gasteiger partial charge in [0, 0.05) is 26.3 Å². The average Bonchev–Trinajstić information content (AvgIpc) is 2.85. The molecule has 0 spiro atoms. The molecule has 0 atom stereocenters. The van der Waals surface area contributed by atoms with Crippen LogP contribution >= 0.6 is 0 Å². The average molecular weight is 302 g/mol. The highest BCUT2D eigenvalue weighted by molar-refractivity contribution is 7.89. The maximum atomic E-state index is 12.3. The molecular weight excluding hydrogens is 276 g/mol. The van der Waals surface area contributed by atoms with Crippen LogP contribution in [-0.2, 0) is 16.6 Å². The zero-order valence-corrected chi connectivity index (χ0v) is 13.7. The van der Waals surface area contributed by atoms with Gasteiger partial charge in [-0.15, -0.1) is 0 Å². The van der Waals surface area contributed by atoms with Gasteiger partial charge >= 0.3 is 0 Å². The Bertz CT molecular complexity index is 496. The molecular formula is C13H26N4O2S. The lowest BCUT2D eigenvalue weighted by Gasteiger charge is -2.16. The Hall–Kier alpha value is -0.920. The summed E-state index contributed by atoms with van der Waals surface area (Å²) in [5.74, 6) is 0.482. The standard InChI is InChI=1S/C13H26N4O2S/c1-5-14-7-9-17-11-13(10-15-17)20(18,19)16(4)8-6-12(2)3/h10-12,14H,5-9H2,1-4H3. The summed E-state index contributed by atoms with van der Waals surface area (Å²) in [6, 6.07) is 0. The van der Waals surface area contributed by atoms with Crippen molar-refractivity contribution in [2.75, 3.05) is 26.7 Å². The highest BCUT2D eigenvalue weighted by atomic mass is 32.2. The van der Waals surface area contributed by atoms with Crippen LogP contribution in [0.2, 0.25) is 0 Å². The zero-order valence-electron chi connectivity index (χ0n) is 12.8. The molecule has 0 amide bonds. The van der Waals surface area contributed by atoms with Crippen molar-refractivity contribution in [2.45, 2.75) is 38.6 Å². The van der Waals surface area contributed by atoms with Crippen LogP contribution in [-0.4, -0.2) is 49.2 Å². The van der Waals surface area contributed by atoms with E-state index >= 15 is 0 Å². The summed E-state index contributed by atoms with van der Waals surface area (Å²) in [6.07, 6.45) is 3.87. The number of rotatable bonds is 9. The number of nitrogens with one attached hydrogen (secondary N) is 1. The molecule has 0 bridgehead atoms. The molecule has 116 valence electrons. The van der Waals surface area contributed by atoms with Gasteiger partial charge in [0.05, 0.1) is 12.7 Å². The van der Waals surface area contributed by atoms with E-state index in [9.17, 15) is 8.42 Å². The smallest absolute Gasteiger partial charge is 0.245 e. The van der Waals surface area contributed by atoms with E-state index in [0.29, 0.717) is 19.0 Å². The van der Waals surface area contributed by atoms with Gasteiger partial charge in [-0.3, -0.25) is 4.68 Å². The van der Waals surface area contributed by atoms with Crippen LogP contribution < -0.4 is 5.32 Å². The second-order valence-electron chi connectivity index (χ2n) is 5.30. The first kappa shape index (κ1) is 17.1. The van der Waals surface area contributed by atoms with Gasteiger partial charge in [-0.05, 0) is 18.9 Å². The van der Waals surface area contributed by atoms with Crippen molar-refractivity contribution in [2.24, 2.45) is 5.92 Å². The van der Waals surface area contributed by atoms with Crippen LogP contribution in [0, 0.1) is 5.92 Å². The number of nitrogens with zero attached hydrogens (tertiary/aromatic N) is 3. The van der Waals surface area contributed by atoms with Crippen molar-refractivity contribution in [1.29, 1.82) is 0 Å². The first-order valence-electron chi connectivity index (χ1n) is 7.07. The second-order valence-corrected chi connectivity index (χ2v) is 7.35. The van der Waals surface area contributed by atoms with E-state index in [1.807, 2.05) is 6.92 Å². The summed E-state index contributed by atoms with van der Waals surface area (Å²) in [5, 5.41) is 7.28. The van der Waals surface area contributed by atoms with Crippen molar-refractivity contribution in [3.05, 3.63) is 12.4 Å². The Balaban J connectivity index is 2.67. The number of sulfonamides is 1. The summed E-state index contributed by atoms with van der Waals surface area (Å²) in [7, 11) is -1.80. The third-order valence-corrected chi connectivity index (χ3v) is 4.92. The van der Waals surface area contributed by atoms with Gasteiger partial charge in [0.15, 0.2) is 0 Å². The van der Waals surface area contributed by atoms with Crippen LogP contribution in [0.25, 0.3) is 0 Å². The molecule has 7 heteroatoms. The minimum Gasteiger partial charge on any atom is -0.315 e. The fourth-order valence-electron chi connectivity index (χ4n) is 1.71. The number of hydrogen-bond donors (Lipinski definition) is 1. The summed E-state index contributed by atoms with van der Waals surface area (Å²) < 4.78 is 27.7. The Morgan fingerprint density at radius 1 is 1.45 bits per heavy atom. The Labute approximate surface area is 122 Å². The Morgan fingerprint density at radius 2 is 2.15 bits per heavy atom. The number of aromatic nitrogens is 2. The quantitative estimate of drug-likeness (QED) is 0.695. The highest BCUT2D eigenvalue weighted by Crippen LogP contribution is 2.14. The van der Waals surface area contributed by atoms with Crippen LogP contribution in [0.3, 0.4) is 0 Å². The molecule has 1 rings (SSSR count). The third kappa shape index (κ3) is 4.88. The van der Waals surface area contributed by atoms with Crippen LogP contribution in [0.15, 0.2) is 17.3 Å². The van der Waals surface area contributed by atoms with Crippen LogP contribution in [0.4, 0.5) is 0 Å². The molecule has 20 heavy (non-hydrogen) atoms. The molecule has 0 saturated heterocycles. The summed E-state index contributed by atoms with van der Waals surface area (Å²) in [4.78, 5) is 0.264. The third-order valence-electron chi connectivity index (χ3n) is 3.11. The predicted octanol–water partition coefficient (Wildman–Crippen LogP) is 1.16. The van der Waals surface area contributed by atoms with Gasteiger partial charge < -0.3 is 5.32 Å². The SMILES string of the molecule is CCNCCn1cc(S(=O)(=O)N(C)CCC(C)C)cn1. The number of hydrogen-bond acceptors (Lipinski definition) is 4. The molecule has 0 aliphatic rings. The van der Waals surface area contributed by atoms with E-state index in [0.717, 1.165) is 19.5 Å². The molecule has 0 unspecified atom stereocenters. The van der Waals surface area contributed by atoms with Crippen LogP contribution in [0.1, 0.15) is 27.2 Å². The lowest BCUT2D eigenvalue weighted by Crippen LogP contribution is -2.28. The zero-order chi connectivity index (χ0) is 15.2. The summed E-state index contributed by atoms with van der Waals surface area (Å²) >= 11 is 0. The van der Waals surface area contributed by atoms with Crippen LogP contribution in [0.5, 0.6) is 0 Å². The van der Waals surface area contributed by atoms with Gasteiger partial charge in [-0.25, -0.2) is 12.7 Å². The van der Waals surface area contributed by atoms with Crippen molar-refractivity contribution in [3.8, 4) is 0 Å². The summed E-state index contributed by atoms with van der Waals surface area (Å²) in [6.45, 7) is 9.06. The topological polar surface area (TPSA) is 67.2 Å². The maximum absolute atomic E-state index is 12.3. The Kier molecular flexibility index (Phi) is 6.64. The molecule has 1 aromatic rings. The normalized spacial score (nSPS) is 12.5. The molecule has 1 heterocycles. The van der Waals surface area contributed by atoms with E-state index < -0.39 is 10.0 Å². The Morgan fingerprint density at radius 3 is 2.75 bits per heavy atom. The fraction of sp³-hybridized carbons (Fsp3) is 0.769. The largest absolute Gasteiger partial charge is 0.315 e. The summed E-state index contributed by atoms with van der Waals surface area (Å²) in [5.41, 5.74) is 0. The van der Waals surface area contributed by atoms with E-state index in [4.69, 9.17) is 0 Å². The van der Waals surface area contributed by atoms with Gasteiger partial charge in [-0.2, -0.15) is 5.10 Å². The van der Waals surface area contributed by atoms with Gasteiger partial charge in [0.25, 0.3) is 0 Å². The first-order valence-corrected chi connectivity index (χ1v) is 8.51. The first-order chi connectivity index (χ1) is 9.37. The van der Waals surface area contributed by atoms with Crippen molar-refractivity contribution in [1.82, 2.24) is 19.4 Å². The van der Waals surface area contributed by atoms with Crippen molar-refractivity contribution < 1.29 is 8.42 Å². The second kappa shape index (κ2) is 7.75. The van der Waals surface area contributed by atoms with E-state index in [-0.39, 0.29) is 4.90 Å². The van der Waals surface area contributed by atoms with Gasteiger partial charge in [0.2, 0.25) is 10.0 Å². The number of likely N-dealkylation sites (N-methyl/N-ethyl adjacent to an activating group) is 1. The molecule has 6 nitrogen and oxygen atoms in total. The van der Waals surface area contributed by atoms with Crippen molar-refractivity contribution in [3.63, 3.8) is 0 Å². The lowest BCUT2D eigenvalue weighted by atomic mass is 10.1. The van der Waals surface area contributed by atoms with E-state index in [1.54, 1.807) is 17.9 Å². The van der Waals surface area contributed by atoms with E-state index in [2.05, 4.69) is 24.3 Å². The monoisotopic (exact) mass is 302 g/mol.